The highest BCUT2D eigenvalue weighted by molar-refractivity contribution is 5.35. The zero-order valence-corrected chi connectivity index (χ0v) is 84.9. The Morgan fingerprint density at radius 3 is 0.944 bits per heavy atom. The Balaban J connectivity index is 0.000000284. The van der Waals surface area contributed by atoms with Gasteiger partial charge in [-0.1, -0.05) is 211 Å². The molecular weight excluding hydrogens is 1810 g/mol. The third-order valence-corrected chi connectivity index (χ3v) is 22.9. The summed E-state index contributed by atoms with van der Waals surface area (Å²) in [5.74, 6) is 1.96. The molecule has 29 heteroatoms. The summed E-state index contributed by atoms with van der Waals surface area (Å²) in [6, 6.07) is 80.4. The number of hydrogen-bond acceptors (Lipinski definition) is 29. The zero-order chi connectivity index (χ0) is 105. The molecule has 0 spiro atoms. The topological polar surface area (TPSA) is 496 Å². The summed E-state index contributed by atoms with van der Waals surface area (Å²) >= 11 is 0. The number of aliphatic hydroxyl groups excluding tert-OH is 10. The minimum atomic E-state index is -0.608. The molecule has 11 aromatic rings. The van der Waals surface area contributed by atoms with Crippen LogP contribution in [0, 0.1) is 0 Å². The Bertz CT molecular complexity index is 5020. The smallest absolute Gasteiger partial charge is 0.115 e. The van der Waals surface area contributed by atoms with Gasteiger partial charge in [0.2, 0.25) is 0 Å². The third kappa shape index (κ3) is 53.8. The highest BCUT2D eigenvalue weighted by Gasteiger charge is 2.26. The Hall–Kier alpha value is -11.2. The molecule has 2 fully saturated rings. The molecule has 1 heterocycles. The molecule has 784 valence electrons. The number of benzene rings is 11. The number of aliphatic hydroxyl groups is 10. The lowest BCUT2D eigenvalue weighted by Gasteiger charge is -2.29. The van der Waals surface area contributed by atoms with Gasteiger partial charge in [0, 0.05) is 115 Å². The molecule has 0 radical (unpaired) electrons. The number of likely N-dealkylation sites (N-methyl/N-ethyl adjacent to an activating group) is 1. The van der Waals surface area contributed by atoms with Gasteiger partial charge in [-0.15, -0.1) is 0 Å². The van der Waals surface area contributed by atoms with Gasteiger partial charge in [-0.05, 0) is 263 Å². The normalized spacial score (nSPS) is 15.2. The second kappa shape index (κ2) is 68.9. The van der Waals surface area contributed by atoms with E-state index in [0.29, 0.717) is 64.9 Å². The minimum Gasteiger partial charge on any atom is -0.508 e. The van der Waals surface area contributed by atoms with Crippen LogP contribution in [0.1, 0.15) is 224 Å². The van der Waals surface area contributed by atoms with E-state index in [1.54, 1.807) is 218 Å². The van der Waals surface area contributed by atoms with E-state index in [2.05, 4.69) is 113 Å². The summed E-state index contributed by atoms with van der Waals surface area (Å²) in [5, 5.41) is 209. The van der Waals surface area contributed by atoms with Crippen LogP contribution in [0.4, 0.5) is 0 Å². The molecule has 11 aromatic carbocycles. The molecule has 0 bridgehead atoms. The molecule has 1 saturated heterocycles. The van der Waals surface area contributed by atoms with Crippen molar-refractivity contribution in [2.75, 3.05) is 105 Å². The van der Waals surface area contributed by atoms with Crippen LogP contribution < -0.4 is 47.9 Å². The maximum Gasteiger partial charge on any atom is 0.115 e. The van der Waals surface area contributed by atoms with Crippen LogP contribution in [-0.4, -0.2) is 236 Å². The molecule has 1 aliphatic carbocycles. The van der Waals surface area contributed by atoms with Gasteiger partial charge in [0.15, 0.2) is 0 Å². The number of rotatable bonds is 40. The summed E-state index contributed by atoms with van der Waals surface area (Å²) in [6.07, 6.45) is 2.01. The van der Waals surface area contributed by atoms with E-state index in [9.17, 15) is 56.2 Å². The average Bonchev–Trinajstić information content (AvgIpc) is 1.84. The molecule has 0 amide bonds. The molecular formula is C114H164N10O19. The maximum atomic E-state index is 10.2. The SMILES string of the molecule is CC(C)(C)NCC(O)c1ccc(O)cc1.CC(C)(Cc1ccccc1)NCC(O)c1ccc(O)cc1.CC(C)NCC(O)c1ccc(O)cc1.CCCCNCC(O)c1ccc(O)cc1.CCCNCC(O)c1ccc(O)cc1.CCNCC(O)c1ccc(O)cc1.Oc1ccc(C(O)CN2CCNCC2)cc1.Oc1ccc(C(O)CNC2CCCC2O)cc1.Oc1ccc(C(O)CNCc2ccccc2)cc1. The third-order valence-electron chi connectivity index (χ3n) is 22.9. The Labute approximate surface area is 846 Å². The van der Waals surface area contributed by atoms with Crippen molar-refractivity contribution in [1.82, 2.24) is 52.8 Å². The first-order valence-electron chi connectivity index (χ1n) is 49.5. The van der Waals surface area contributed by atoms with Crippen molar-refractivity contribution in [3.63, 3.8) is 0 Å². The summed E-state index contributed by atoms with van der Waals surface area (Å²) in [6.45, 7) is 32.8. The van der Waals surface area contributed by atoms with Gasteiger partial charge in [-0.3, -0.25) is 4.90 Å². The molecule has 1 aliphatic heterocycles. The summed E-state index contributed by atoms with van der Waals surface area (Å²) in [7, 11) is 0. The second-order valence-corrected chi connectivity index (χ2v) is 37.3. The van der Waals surface area contributed by atoms with Crippen molar-refractivity contribution in [3.05, 3.63) is 340 Å². The zero-order valence-electron chi connectivity index (χ0n) is 84.9. The molecule has 11 unspecified atom stereocenters. The van der Waals surface area contributed by atoms with Gasteiger partial charge >= 0.3 is 0 Å². The van der Waals surface area contributed by atoms with Crippen LogP contribution >= 0.6 is 0 Å². The number of unbranched alkanes of at least 4 members (excludes halogenated alkanes) is 1. The molecule has 2 aliphatic rings. The number of aromatic hydroxyl groups is 9. The van der Waals surface area contributed by atoms with Crippen molar-refractivity contribution >= 4 is 0 Å². The van der Waals surface area contributed by atoms with E-state index < -0.39 is 54.9 Å². The highest BCUT2D eigenvalue weighted by atomic mass is 16.3. The predicted octanol–water partition coefficient (Wildman–Crippen LogP) is 14.0. The van der Waals surface area contributed by atoms with Crippen molar-refractivity contribution in [2.45, 2.75) is 205 Å². The van der Waals surface area contributed by atoms with Crippen LogP contribution in [0.25, 0.3) is 0 Å². The van der Waals surface area contributed by atoms with Gasteiger partial charge in [-0.25, -0.2) is 0 Å². The summed E-state index contributed by atoms with van der Waals surface area (Å²) in [4.78, 5) is 2.24. The molecule has 0 aromatic heterocycles. The van der Waals surface area contributed by atoms with Gasteiger partial charge in [0.05, 0.1) is 61.0 Å². The van der Waals surface area contributed by atoms with Gasteiger partial charge in [0.1, 0.15) is 51.7 Å². The minimum absolute atomic E-state index is 0.00208. The lowest BCUT2D eigenvalue weighted by Crippen LogP contribution is -2.44. The van der Waals surface area contributed by atoms with Crippen molar-refractivity contribution in [1.29, 1.82) is 0 Å². The van der Waals surface area contributed by atoms with E-state index in [1.807, 2.05) is 69.3 Å². The van der Waals surface area contributed by atoms with Gasteiger partial charge in [-0.2, -0.15) is 0 Å². The van der Waals surface area contributed by atoms with Crippen LogP contribution in [0.3, 0.4) is 0 Å². The number of nitrogens with zero attached hydrogens (tertiary/aromatic N) is 1. The maximum absolute atomic E-state index is 10.2. The van der Waals surface area contributed by atoms with Crippen molar-refractivity contribution < 1.29 is 97.0 Å². The first-order valence-corrected chi connectivity index (χ1v) is 49.5. The van der Waals surface area contributed by atoms with E-state index >= 15 is 0 Å². The number of nitrogens with one attached hydrogen (secondary N) is 9. The van der Waals surface area contributed by atoms with Crippen molar-refractivity contribution in [3.8, 4) is 51.7 Å². The standard InChI is InChI=1S/C18H23NO2.C15H17NO2.C13H19NO3.C12H18N2O2.2C12H19NO2.2C11H17NO2.C10H15NO2/c1-18(2,12-14-6-4-3-5-7-14)19-13-17(21)15-8-10-16(20)11-9-15;17-14-8-6-13(7-9-14)15(18)11-16-10-12-4-2-1-3-5-12;15-10-6-4-9(5-7-10)13(17)8-14-11-2-1-3-12(11)16;15-11-3-1-10(2-4-11)12(16)9-14-7-5-13-6-8-14;1-12(2,3)13-8-11(15)9-4-6-10(14)7-5-9;1-2-3-8-13-9-12(15)10-4-6-11(14)7-5-10;1-8(2)12-7-11(14)9-3-5-10(13)6-4-9;1-2-7-12-8-11(14)9-3-5-10(13)6-4-9;1-2-11-7-10(13)8-3-5-9(12)6-4-8/h3-11,17,19-21H,12-13H2,1-2H3;1-9,15-18H,10-11H2;4-7,11-17H,1-3,8H2;1-4,12-13,15-16H,5-9H2;4-7,11,13-15H,8H2,1-3H3;4-7,12-15H,2-3,8-9H2,1H3;3-6,8,11-14H,7H2,1-2H3;3-6,11-14H,2,7-8H2,1H3;3-6,10-13H,2,7H2,1H3. The fourth-order valence-electron chi connectivity index (χ4n) is 14.4. The van der Waals surface area contributed by atoms with E-state index in [1.165, 1.54) is 11.1 Å². The summed E-state index contributed by atoms with van der Waals surface area (Å²) in [5.41, 5.74) is 9.69. The molecule has 29 nitrogen and oxygen atoms in total. The number of phenols is 9. The fourth-order valence-corrected chi connectivity index (χ4v) is 14.4. The number of hydrogen-bond donors (Lipinski definition) is 28. The molecule has 143 heavy (non-hydrogen) atoms. The quantitative estimate of drug-likeness (QED) is 0.0159. The number of phenolic OH excluding ortho intramolecular Hbond substituents is 9. The van der Waals surface area contributed by atoms with E-state index in [-0.39, 0.29) is 75.0 Å². The van der Waals surface area contributed by atoms with E-state index in [0.717, 1.165) is 147 Å². The first kappa shape index (κ1) is 122. The van der Waals surface area contributed by atoms with Gasteiger partial charge in [0.25, 0.3) is 0 Å². The molecule has 11 atom stereocenters. The van der Waals surface area contributed by atoms with Crippen LogP contribution in [0.15, 0.2) is 279 Å². The predicted molar refractivity (Wildman–Crippen MR) is 569 cm³/mol. The second-order valence-electron chi connectivity index (χ2n) is 37.3. The Morgan fingerprint density at radius 2 is 0.629 bits per heavy atom. The Kier molecular flexibility index (Phi) is 59.0. The molecule has 13 rings (SSSR count). The molecule has 1 saturated carbocycles. The Morgan fingerprint density at radius 1 is 0.329 bits per heavy atom. The van der Waals surface area contributed by atoms with Crippen LogP contribution in [0.5, 0.6) is 51.7 Å². The summed E-state index contributed by atoms with van der Waals surface area (Å²) < 4.78 is 0. The molecule has 28 N–H and O–H groups in total. The number of β-amino-alcohol motifs (C(OH)–C–C–N with tert-alkyl or cyclic N) is 3. The lowest BCUT2D eigenvalue weighted by molar-refractivity contribution is 0.105. The van der Waals surface area contributed by atoms with Crippen LogP contribution in [-0.2, 0) is 13.0 Å². The first-order chi connectivity index (χ1) is 68.3. The van der Waals surface area contributed by atoms with E-state index in [4.69, 9.17) is 40.9 Å². The number of piperazine rings is 1. The largest absolute Gasteiger partial charge is 0.508 e. The fraction of sp³-hybridized carbons (Fsp3) is 0.421. The van der Waals surface area contributed by atoms with Crippen molar-refractivity contribution in [2.24, 2.45) is 0 Å². The monoisotopic (exact) mass is 1980 g/mol. The average molecular weight is 1980 g/mol. The lowest BCUT2D eigenvalue weighted by atomic mass is 9.94. The van der Waals surface area contributed by atoms with Crippen LogP contribution in [0.2, 0.25) is 0 Å². The van der Waals surface area contributed by atoms with Gasteiger partial charge < -0.3 is 145 Å². The highest BCUT2D eigenvalue weighted by Crippen LogP contribution is 2.27.